The van der Waals surface area contributed by atoms with Crippen molar-refractivity contribution in [1.29, 1.82) is 0 Å². The van der Waals surface area contributed by atoms with Crippen LogP contribution >= 0.6 is 0 Å². The predicted octanol–water partition coefficient (Wildman–Crippen LogP) is 2.34. The summed E-state index contributed by atoms with van der Waals surface area (Å²) in [4.78, 5) is 24.0. The number of aromatic amines is 1. The molecule has 1 fully saturated rings. The Labute approximate surface area is 153 Å². The number of piperidine rings is 1. The topological polar surface area (TPSA) is 86.8 Å². The largest absolute Gasteiger partial charge is 0.332 e. The Morgan fingerprint density at radius 1 is 1.35 bits per heavy atom. The minimum absolute atomic E-state index is 0.0307. The molecule has 0 radical (unpaired) electrons. The molecule has 1 atom stereocenters. The molecule has 0 aromatic carbocycles. The summed E-state index contributed by atoms with van der Waals surface area (Å²) in [5, 5.41) is 10.6. The number of carbonyl (C=O) groups excluding carboxylic acids is 1. The third-order valence-electron chi connectivity index (χ3n) is 5.30. The first-order valence-corrected chi connectivity index (χ1v) is 9.54. The summed E-state index contributed by atoms with van der Waals surface area (Å²) in [5.74, 6) is 1.19. The predicted molar refractivity (Wildman–Crippen MR) is 97.7 cm³/mol. The molecule has 1 unspecified atom stereocenters. The zero-order valence-corrected chi connectivity index (χ0v) is 15.5. The Kier molecular flexibility index (Phi) is 4.72. The summed E-state index contributed by atoms with van der Waals surface area (Å²) in [6.45, 7) is 6.42. The SMILES string of the molecule is CC(C)c1cc(C(=O)N2CCc3nc(C4CCCCN4)ncc3C2)n[nH]1. The van der Waals surface area contributed by atoms with E-state index in [0.717, 1.165) is 42.2 Å². The summed E-state index contributed by atoms with van der Waals surface area (Å²) in [5.41, 5.74) is 3.60. The van der Waals surface area contributed by atoms with Crippen LogP contribution in [0.4, 0.5) is 0 Å². The average molecular weight is 354 g/mol. The highest BCUT2D eigenvalue weighted by molar-refractivity contribution is 5.92. The number of nitrogens with zero attached hydrogens (tertiary/aromatic N) is 4. The van der Waals surface area contributed by atoms with Gasteiger partial charge in [0.2, 0.25) is 0 Å². The van der Waals surface area contributed by atoms with E-state index in [9.17, 15) is 4.79 Å². The summed E-state index contributed by atoms with van der Waals surface area (Å²) in [7, 11) is 0. The number of fused-ring (bicyclic) bond motifs is 1. The van der Waals surface area contributed by atoms with Gasteiger partial charge in [-0.2, -0.15) is 5.10 Å². The minimum Gasteiger partial charge on any atom is -0.332 e. The lowest BCUT2D eigenvalue weighted by molar-refractivity contribution is 0.0727. The van der Waals surface area contributed by atoms with E-state index in [-0.39, 0.29) is 11.9 Å². The van der Waals surface area contributed by atoms with Crippen molar-refractivity contribution in [2.45, 2.75) is 58.0 Å². The molecule has 0 saturated carbocycles. The molecule has 7 nitrogen and oxygen atoms in total. The van der Waals surface area contributed by atoms with E-state index in [0.29, 0.717) is 24.7 Å². The Balaban J connectivity index is 1.48. The fourth-order valence-corrected chi connectivity index (χ4v) is 3.65. The van der Waals surface area contributed by atoms with Crippen LogP contribution in [0.2, 0.25) is 0 Å². The zero-order valence-electron chi connectivity index (χ0n) is 15.5. The van der Waals surface area contributed by atoms with Crippen LogP contribution in [0, 0.1) is 0 Å². The number of carbonyl (C=O) groups is 1. The van der Waals surface area contributed by atoms with Gasteiger partial charge in [-0.1, -0.05) is 20.3 Å². The van der Waals surface area contributed by atoms with Gasteiger partial charge in [0.1, 0.15) is 11.5 Å². The highest BCUT2D eigenvalue weighted by atomic mass is 16.2. The molecule has 0 aliphatic carbocycles. The quantitative estimate of drug-likeness (QED) is 0.883. The van der Waals surface area contributed by atoms with Crippen LogP contribution in [0.25, 0.3) is 0 Å². The van der Waals surface area contributed by atoms with E-state index in [4.69, 9.17) is 4.98 Å². The Hall–Kier alpha value is -2.28. The fraction of sp³-hybridized carbons (Fsp3) is 0.579. The van der Waals surface area contributed by atoms with E-state index in [1.165, 1.54) is 12.8 Å². The van der Waals surface area contributed by atoms with Crippen LogP contribution in [-0.4, -0.2) is 44.1 Å². The Bertz CT molecular complexity index is 793. The van der Waals surface area contributed by atoms with Crippen LogP contribution in [0.1, 0.15) is 78.3 Å². The number of hydrogen-bond acceptors (Lipinski definition) is 5. The molecule has 7 heteroatoms. The van der Waals surface area contributed by atoms with Gasteiger partial charge in [-0.05, 0) is 31.4 Å². The van der Waals surface area contributed by atoms with Crippen LogP contribution in [0.3, 0.4) is 0 Å². The lowest BCUT2D eigenvalue weighted by Gasteiger charge is -2.29. The molecule has 4 rings (SSSR count). The van der Waals surface area contributed by atoms with Gasteiger partial charge >= 0.3 is 0 Å². The van der Waals surface area contributed by atoms with Crippen molar-refractivity contribution < 1.29 is 4.79 Å². The first-order chi connectivity index (χ1) is 12.6. The Morgan fingerprint density at radius 3 is 2.96 bits per heavy atom. The van der Waals surface area contributed by atoms with Crippen molar-refractivity contribution in [1.82, 2.24) is 30.4 Å². The van der Waals surface area contributed by atoms with Gasteiger partial charge in [0, 0.05) is 37.0 Å². The van der Waals surface area contributed by atoms with E-state index >= 15 is 0 Å². The van der Waals surface area contributed by atoms with Crippen molar-refractivity contribution in [3.63, 3.8) is 0 Å². The maximum absolute atomic E-state index is 12.8. The number of nitrogens with one attached hydrogen (secondary N) is 2. The third-order valence-corrected chi connectivity index (χ3v) is 5.30. The second-order valence-electron chi connectivity index (χ2n) is 7.54. The summed E-state index contributed by atoms with van der Waals surface area (Å²) >= 11 is 0. The van der Waals surface area contributed by atoms with E-state index < -0.39 is 0 Å². The molecule has 26 heavy (non-hydrogen) atoms. The normalized spacial score (nSPS) is 20.3. The lowest BCUT2D eigenvalue weighted by atomic mass is 10.0. The van der Waals surface area contributed by atoms with E-state index in [1.807, 2.05) is 17.2 Å². The molecule has 0 spiro atoms. The number of amides is 1. The fourth-order valence-electron chi connectivity index (χ4n) is 3.65. The summed E-state index contributed by atoms with van der Waals surface area (Å²) < 4.78 is 0. The van der Waals surface area contributed by atoms with Crippen LogP contribution in [0.5, 0.6) is 0 Å². The molecule has 138 valence electrons. The van der Waals surface area contributed by atoms with Crippen molar-refractivity contribution in [3.8, 4) is 0 Å². The maximum Gasteiger partial charge on any atom is 0.274 e. The van der Waals surface area contributed by atoms with Crippen molar-refractivity contribution in [2.75, 3.05) is 13.1 Å². The van der Waals surface area contributed by atoms with Gasteiger partial charge in [-0.3, -0.25) is 9.89 Å². The highest BCUT2D eigenvalue weighted by Gasteiger charge is 2.26. The van der Waals surface area contributed by atoms with Crippen molar-refractivity contribution in [3.05, 3.63) is 40.7 Å². The molecule has 2 aliphatic rings. The summed E-state index contributed by atoms with van der Waals surface area (Å²) in [6, 6.07) is 2.13. The molecule has 4 heterocycles. The second kappa shape index (κ2) is 7.15. The molecule has 2 aromatic rings. The monoisotopic (exact) mass is 354 g/mol. The van der Waals surface area contributed by atoms with Crippen LogP contribution in [-0.2, 0) is 13.0 Å². The van der Waals surface area contributed by atoms with E-state index in [1.54, 1.807) is 0 Å². The van der Waals surface area contributed by atoms with Crippen molar-refractivity contribution >= 4 is 5.91 Å². The van der Waals surface area contributed by atoms with Gasteiger partial charge in [-0.15, -0.1) is 0 Å². The van der Waals surface area contributed by atoms with Gasteiger partial charge < -0.3 is 10.2 Å². The van der Waals surface area contributed by atoms with Gasteiger partial charge in [0.25, 0.3) is 5.91 Å². The molecule has 2 aromatic heterocycles. The smallest absolute Gasteiger partial charge is 0.274 e. The van der Waals surface area contributed by atoms with Gasteiger partial charge in [0.05, 0.1) is 11.7 Å². The van der Waals surface area contributed by atoms with Crippen molar-refractivity contribution in [2.24, 2.45) is 0 Å². The standard InChI is InChI=1S/C19H26N6O/c1-12(2)16-9-17(24-23-16)19(26)25-8-6-14-13(11-25)10-21-18(22-14)15-5-3-4-7-20-15/h9-10,12,15,20H,3-8,11H2,1-2H3,(H,23,24). The Morgan fingerprint density at radius 2 is 2.23 bits per heavy atom. The molecular formula is C19H26N6O. The highest BCUT2D eigenvalue weighted by Crippen LogP contribution is 2.24. The number of H-pyrrole nitrogens is 1. The molecular weight excluding hydrogens is 328 g/mol. The number of hydrogen-bond donors (Lipinski definition) is 2. The molecule has 2 aliphatic heterocycles. The van der Waals surface area contributed by atoms with Gasteiger partial charge in [-0.25, -0.2) is 9.97 Å². The number of aromatic nitrogens is 4. The molecule has 0 bridgehead atoms. The summed E-state index contributed by atoms with van der Waals surface area (Å²) in [6.07, 6.45) is 6.22. The van der Waals surface area contributed by atoms with Crippen LogP contribution < -0.4 is 5.32 Å². The first kappa shape index (κ1) is 17.1. The molecule has 1 saturated heterocycles. The van der Waals surface area contributed by atoms with Gasteiger partial charge in [0.15, 0.2) is 0 Å². The zero-order chi connectivity index (χ0) is 18.1. The second-order valence-corrected chi connectivity index (χ2v) is 7.54. The molecule has 2 N–H and O–H groups in total. The lowest BCUT2D eigenvalue weighted by Crippen LogP contribution is -2.37. The maximum atomic E-state index is 12.8. The van der Waals surface area contributed by atoms with Crippen LogP contribution in [0.15, 0.2) is 12.3 Å². The third kappa shape index (κ3) is 3.35. The average Bonchev–Trinajstić information content (AvgIpc) is 3.18. The first-order valence-electron chi connectivity index (χ1n) is 9.54. The minimum atomic E-state index is -0.0307. The molecule has 1 amide bonds. The number of rotatable bonds is 3. The van der Waals surface area contributed by atoms with E-state index in [2.05, 4.69) is 34.3 Å².